The molecule has 0 bridgehead atoms. The highest BCUT2D eigenvalue weighted by Crippen LogP contribution is 2.26. The van der Waals surface area contributed by atoms with Crippen LogP contribution in [0.1, 0.15) is 84.9 Å². The van der Waals surface area contributed by atoms with E-state index in [-0.39, 0.29) is 23.8 Å². The number of aliphatic hydroxyl groups is 1. The lowest BCUT2D eigenvalue weighted by atomic mass is 9.84. The molecule has 1 unspecified atom stereocenters. The molecule has 3 N–H and O–H groups in total. The number of nitrogens with zero attached hydrogens (tertiary/aromatic N) is 1. The maximum Gasteiger partial charge on any atom is 0.253 e. The van der Waals surface area contributed by atoms with Crippen molar-refractivity contribution < 1.29 is 19.4 Å². The molecular formula is C36H49N3O4. The number of ether oxygens (including phenoxy) is 1. The highest BCUT2D eigenvalue weighted by atomic mass is 16.5. The van der Waals surface area contributed by atoms with Crippen molar-refractivity contribution in [1.29, 1.82) is 0 Å². The number of aliphatic hydroxyl groups excluding tert-OH is 1. The first-order valence-electron chi connectivity index (χ1n) is 15.4. The molecule has 2 amide bonds. The average Bonchev–Trinajstić information content (AvgIpc) is 3.00. The van der Waals surface area contributed by atoms with E-state index in [9.17, 15) is 14.7 Å². The molecule has 0 fully saturated rings. The highest BCUT2D eigenvalue weighted by Gasteiger charge is 2.26. The van der Waals surface area contributed by atoms with Crippen LogP contribution in [-0.2, 0) is 18.4 Å². The number of rotatable bonds is 15. The van der Waals surface area contributed by atoms with Gasteiger partial charge in [0.05, 0.1) is 19.3 Å². The van der Waals surface area contributed by atoms with E-state index in [0.717, 1.165) is 35.3 Å². The SMILES string of the molecule is CCCN(CCC)C(=O)c1cc(C(=O)NC(Cc2ccccc2)[C@H](O)CNCc2cccc(OC)c2)cc(C(C)(C)C)c1. The topological polar surface area (TPSA) is 90.9 Å². The number of hydrogen-bond donors (Lipinski definition) is 3. The predicted molar refractivity (Wildman–Crippen MR) is 174 cm³/mol. The Bertz CT molecular complexity index is 1310. The van der Waals surface area contributed by atoms with Crippen molar-refractivity contribution in [1.82, 2.24) is 15.5 Å². The summed E-state index contributed by atoms with van der Waals surface area (Å²) in [5.74, 6) is 0.397. The van der Waals surface area contributed by atoms with E-state index < -0.39 is 12.1 Å². The van der Waals surface area contributed by atoms with E-state index >= 15 is 0 Å². The summed E-state index contributed by atoms with van der Waals surface area (Å²) in [6.45, 7) is 12.5. The van der Waals surface area contributed by atoms with Crippen molar-refractivity contribution in [2.24, 2.45) is 0 Å². The van der Waals surface area contributed by atoms with Crippen LogP contribution in [0.2, 0.25) is 0 Å². The van der Waals surface area contributed by atoms with Gasteiger partial charge in [0.25, 0.3) is 11.8 Å². The summed E-state index contributed by atoms with van der Waals surface area (Å²) in [5.41, 5.74) is 3.62. The van der Waals surface area contributed by atoms with Crippen molar-refractivity contribution in [2.75, 3.05) is 26.7 Å². The molecule has 3 rings (SSSR count). The van der Waals surface area contributed by atoms with E-state index in [2.05, 4.69) is 45.3 Å². The summed E-state index contributed by atoms with van der Waals surface area (Å²) < 4.78 is 5.31. The molecule has 0 spiro atoms. The van der Waals surface area contributed by atoms with Gasteiger partial charge in [-0.1, -0.05) is 77.1 Å². The predicted octanol–water partition coefficient (Wildman–Crippen LogP) is 5.75. The Labute approximate surface area is 257 Å². The van der Waals surface area contributed by atoms with Gasteiger partial charge in [-0.25, -0.2) is 0 Å². The number of benzene rings is 3. The van der Waals surface area contributed by atoms with Gasteiger partial charge in [0.1, 0.15) is 5.75 Å². The van der Waals surface area contributed by atoms with Crippen LogP contribution in [0.15, 0.2) is 72.8 Å². The lowest BCUT2D eigenvalue weighted by molar-refractivity contribution is 0.0755. The number of hydrogen-bond acceptors (Lipinski definition) is 5. The molecule has 0 aliphatic rings. The molecule has 3 aromatic rings. The Morgan fingerprint density at radius 1 is 0.884 bits per heavy atom. The molecule has 2 atom stereocenters. The standard InChI is InChI=1S/C36H49N3O4/c1-7-17-39(18-8-2)35(42)29-21-28(22-30(23-29)36(3,4)5)34(41)38-32(20-26-13-10-9-11-14-26)33(40)25-37-24-27-15-12-16-31(19-27)43-6/h9-16,19,21-23,32-33,37,40H,7-8,17-18,20,24-25H2,1-6H3,(H,38,41)/t32?,33-/m1/s1. The Morgan fingerprint density at radius 2 is 1.53 bits per heavy atom. The van der Waals surface area contributed by atoms with Crippen molar-refractivity contribution in [3.8, 4) is 5.75 Å². The van der Waals surface area contributed by atoms with Crippen LogP contribution in [-0.4, -0.2) is 60.7 Å². The van der Waals surface area contributed by atoms with E-state index in [1.165, 1.54) is 0 Å². The molecule has 232 valence electrons. The Balaban J connectivity index is 1.85. The molecule has 0 radical (unpaired) electrons. The fraction of sp³-hybridized carbons (Fsp3) is 0.444. The minimum absolute atomic E-state index is 0.0635. The minimum atomic E-state index is -0.855. The first-order valence-corrected chi connectivity index (χ1v) is 15.4. The van der Waals surface area contributed by atoms with Gasteiger partial charge in [0.15, 0.2) is 0 Å². The molecule has 0 aliphatic carbocycles. The summed E-state index contributed by atoms with van der Waals surface area (Å²) in [6, 6.07) is 22.5. The second-order valence-electron chi connectivity index (χ2n) is 12.2. The van der Waals surface area contributed by atoms with Crippen LogP contribution in [0.3, 0.4) is 0 Å². The fourth-order valence-corrected chi connectivity index (χ4v) is 5.04. The zero-order chi connectivity index (χ0) is 31.4. The van der Waals surface area contributed by atoms with E-state index in [4.69, 9.17) is 4.74 Å². The van der Waals surface area contributed by atoms with Crippen molar-refractivity contribution in [3.05, 3.63) is 101 Å². The van der Waals surface area contributed by atoms with Crippen LogP contribution in [0.4, 0.5) is 0 Å². The molecule has 7 nitrogen and oxygen atoms in total. The molecule has 3 aromatic carbocycles. The van der Waals surface area contributed by atoms with Gasteiger partial charge in [0, 0.05) is 37.3 Å². The third kappa shape index (κ3) is 10.2. The van der Waals surface area contributed by atoms with Crippen molar-refractivity contribution in [2.45, 2.75) is 78.0 Å². The number of nitrogens with one attached hydrogen (secondary N) is 2. The summed E-state index contributed by atoms with van der Waals surface area (Å²) in [6.07, 6.45) is 1.33. The lowest BCUT2D eigenvalue weighted by Gasteiger charge is -2.27. The van der Waals surface area contributed by atoms with Gasteiger partial charge >= 0.3 is 0 Å². The summed E-state index contributed by atoms with van der Waals surface area (Å²) in [7, 11) is 1.63. The van der Waals surface area contributed by atoms with Gasteiger partial charge in [0.2, 0.25) is 0 Å². The molecular weight excluding hydrogens is 538 g/mol. The first kappa shape index (κ1) is 33.8. The quantitative estimate of drug-likeness (QED) is 0.211. The van der Waals surface area contributed by atoms with E-state index in [1.807, 2.05) is 71.6 Å². The largest absolute Gasteiger partial charge is 0.497 e. The molecule has 0 aliphatic heterocycles. The zero-order valence-corrected chi connectivity index (χ0v) is 26.7. The first-order chi connectivity index (χ1) is 20.5. The Kier molecular flexibility index (Phi) is 12.8. The Hall–Kier alpha value is -3.68. The maximum atomic E-state index is 13.8. The number of carbonyl (C=O) groups excluding carboxylic acids is 2. The maximum absolute atomic E-state index is 13.8. The van der Waals surface area contributed by atoms with Crippen LogP contribution < -0.4 is 15.4 Å². The van der Waals surface area contributed by atoms with Crippen molar-refractivity contribution in [3.63, 3.8) is 0 Å². The highest BCUT2D eigenvalue weighted by molar-refractivity contribution is 6.00. The molecule has 43 heavy (non-hydrogen) atoms. The summed E-state index contributed by atoms with van der Waals surface area (Å²) in [5, 5.41) is 17.7. The van der Waals surface area contributed by atoms with Gasteiger partial charge < -0.3 is 25.4 Å². The molecule has 0 saturated carbocycles. The normalized spacial score (nSPS) is 12.8. The van der Waals surface area contributed by atoms with Crippen LogP contribution >= 0.6 is 0 Å². The third-order valence-corrected chi connectivity index (χ3v) is 7.48. The molecule has 0 saturated heterocycles. The molecule has 0 heterocycles. The second kappa shape index (κ2) is 16.2. The van der Waals surface area contributed by atoms with Crippen LogP contribution in [0, 0.1) is 0 Å². The number of amides is 2. The van der Waals surface area contributed by atoms with Gasteiger partial charge in [-0.2, -0.15) is 0 Å². The number of methoxy groups -OCH3 is 1. The van der Waals surface area contributed by atoms with Gasteiger partial charge in [-0.15, -0.1) is 0 Å². The average molecular weight is 588 g/mol. The van der Waals surface area contributed by atoms with Crippen LogP contribution in [0.5, 0.6) is 5.75 Å². The lowest BCUT2D eigenvalue weighted by Crippen LogP contribution is -2.48. The minimum Gasteiger partial charge on any atom is -0.497 e. The monoisotopic (exact) mass is 587 g/mol. The second-order valence-corrected chi connectivity index (χ2v) is 12.2. The van der Waals surface area contributed by atoms with E-state index in [1.54, 1.807) is 13.2 Å². The summed E-state index contributed by atoms with van der Waals surface area (Å²) >= 11 is 0. The van der Waals surface area contributed by atoms with Crippen molar-refractivity contribution >= 4 is 11.8 Å². The molecule has 0 aromatic heterocycles. The molecule has 7 heteroatoms. The fourth-order valence-electron chi connectivity index (χ4n) is 5.04. The number of carbonyl (C=O) groups is 2. The summed E-state index contributed by atoms with van der Waals surface area (Å²) in [4.78, 5) is 29.2. The smallest absolute Gasteiger partial charge is 0.253 e. The Morgan fingerprint density at radius 3 is 2.16 bits per heavy atom. The van der Waals surface area contributed by atoms with Gasteiger partial charge in [-0.3, -0.25) is 9.59 Å². The van der Waals surface area contributed by atoms with E-state index in [0.29, 0.717) is 37.2 Å². The zero-order valence-electron chi connectivity index (χ0n) is 26.7. The van der Waals surface area contributed by atoms with Gasteiger partial charge in [-0.05, 0) is 71.7 Å². The van der Waals surface area contributed by atoms with Crippen LogP contribution in [0.25, 0.3) is 0 Å². The third-order valence-electron chi connectivity index (χ3n) is 7.48.